The van der Waals surface area contributed by atoms with Gasteiger partial charge < -0.3 is 10.1 Å². The predicted octanol–water partition coefficient (Wildman–Crippen LogP) is 1.78. The molecule has 0 aromatic heterocycles. The van der Waals surface area contributed by atoms with Crippen LogP contribution in [0.25, 0.3) is 0 Å². The van der Waals surface area contributed by atoms with Crippen LogP contribution in [0.5, 0.6) is 0 Å². The van der Waals surface area contributed by atoms with E-state index in [1.54, 1.807) is 0 Å². The number of nitrogens with one attached hydrogen (secondary N) is 2. The van der Waals surface area contributed by atoms with Gasteiger partial charge in [-0.05, 0) is 44.6 Å². The van der Waals surface area contributed by atoms with Gasteiger partial charge in [-0.2, -0.15) is 0 Å². The minimum Gasteiger partial charge on any atom is -0.480 e. The molecule has 0 spiro atoms. The van der Waals surface area contributed by atoms with Gasteiger partial charge in [0.1, 0.15) is 0 Å². The zero-order chi connectivity index (χ0) is 10.7. The Hall–Kier alpha value is -0.570. The normalized spacial score (nSPS) is 43.1. The molecule has 3 heteroatoms. The molecule has 0 heterocycles. The molecule has 3 saturated carbocycles. The Kier molecular flexibility index (Phi) is 1.77. The van der Waals surface area contributed by atoms with Gasteiger partial charge in [-0.25, -0.2) is 0 Å². The zero-order valence-electron chi connectivity index (χ0n) is 9.60. The van der Waals surface area contributed by atoms with Gasteiger partial charge >= 0.3 is 0 Å². The summed E-state index contributed by atoms with van der Waals surface area (Å²) in [5, 5.41) is 11.3. The predicted molar refractivity (Wildman–Crippen MR) is 59.0 cm³/mol. The maximum Gasteiger partial charge on any atom is 0.188 e. The molecule has 2 N–H and O–H groups in total. The fraction of sp³-hybridized carbons (Fsp3) is 0.917. The largest absolute Gasteiger partial charge is 0.480 e. The van der Waals surface area contributed by atoms with Crippen molar-refractivity contribution in [3.05, 3.63) is 0 Å². The highest BCUT2D eigenvalue weighted by Gasteiger charge is 2.86. The SMILES string of the molecule is CNC12CC1(C(=N)OCC(C)C1CC1)C2. The Labute approximate surface area is 91.1 Å². The van der Waals surface area contributed by atoms with Gasteiger partial charge in [-0.3, -0.25) is 5.41 Å². The van der Waals surface area contributed by atoms with E-state index in [9.17, 15) is 0 Å². The summed E-state index contributed by atoms with van der Waals surface area (Å²) in [5.74, 6) is 2.07. The van der Waals surface area contributed by atoms with Crippen LogP contribution < -0.4 is 5.32 Å². The Morgan fingerprint density at radius 1 is 1.53 bits per heavy atom. The minimum absolute atomic E-state index is 0.116. The second-order valence-corrected chi connectivity index (χ2v) is 5.72. The van der Waals surface area contributed by atoms with Crippen molar-refractivity contribution in [1.82, 2.24) is 5.32 Å². The van der Waals surface area contributed by atoms with Crippen LogP contribution in [0.15, 0.2) is 0 Å². The van der Waals surface area contributed by atoms with Crippen molar-refractivity contribution < 1.29 is 4.74 Å². The second kappa shape index (κ2) is 2.76. The first-order chi connectivity index (χ1) is 7.13. The fourth-order valence-electron chi connectivity index (χ4n) is 2.84. The quantitative estimate of drug-likeness (QED) is 0.534. The molecule has 84 valence electrons. The molecule has 0 amide bonds. The Balaban J connectivity index is 1.47. The summed E-state index contributed by atoms with van der Waals surface area (Å²) in [5.41, 5.74) is 0.387. The van der Waals surface area contributed by atoms with E-state index in [-0.39, 0.29) is 11.0 Å². The van der Waals surface area contributed by atoms with Gasteiger partial charge in [0.05, 0.1) is 12.0 Å². The molecular weight excluding hydrogens is 188 g/mol. The number of hydrogen-bond donors (Lipinski definition) is 2. The Morgan fingerprint density at radius 2 is 2.20 bits per heavy atom. The lowest BCUT2D eigenvalue weighted by atomic mass is 10.1. The van der Waals surface area contributed by atoms with Gasteiger partial charge in [0.2, 0.25) is 0 Å². The van der Waals surface area contributed by atoms with Crippen LogP contribution in [0.3, 0.4) is 0 Å². The topological polar surface area (TPSA) is 45.1 Å². The maximum atomic E-state index is 7.97. The highest BCUT2D eigenvalue weighted by Crippen LogP contribution is 2.78. The van der Waals surface area contributed by atoms with Crippen molar-refractivity contribution in [3.63, 3.8) is 0 Å². The van der Waals surface area contributed by atoms with Crippen LogP contribution in [0.1, 0.15) is 32.6 Å². The molecule has 0 aromatic carbocycles. The third-order valence-corrected chi connectivity index (χ3v) is 4.70. The second-order valence-electron chi connectivity index (χ2n) is 5.72. The molecule has 3 aliphatic rings. The smallest absolute Gasteiger partial charge is 0.188 e. The van der Waals surface area contributed by atoms with Crippen LogP contribution >= 0.6 is 0 Å². The van der Waals surface area contributed by atoms with E-state index in [0.29, 0.717) is 11.8 Å². The summed E-state index contributed by atoms with van der Waals surface area (Å²) in [7, 11) is 1.99. The average molecular weight is 208 g/mol. The zero-order valence-corrected chi connectivity index (χ0v) is 9.60. The van der Waals surface area contributed by atoms with Crippen molar-refractivity contribution in [2.45, 2.75) is 38.1 Å². The first-order valence-corrected chi connectivity index (χ1v) is 6.04. The first-order valence-electron chi connectivity index (χ1n) is 6.04. The Morgan fingerprint density at radius 3 is 2.67 bits per heavy atom. The van der Waals surface area contributed by atoms with Crippen LogP contribution in [0, 0.1) is 22.7 Å². The van der Waals surface area contributed by atoms with Crippen molar-refractivity contribution in [3.8, 4) is 0 Å². The molecule has 3 rings (SSSR count). The molecule has 15 heavy (non-hydrogen) atoms. The number of rotatable bonds is 5. The van der Waals surface area contributed by atoms with E-state index < -0.39 is 0 Å². The van der Waals surface area contributed by atoms with Gasteiger partial charge in [0.15, 0.2) is 5.90 Å². The molecule has 1 atom stereocenters. The third-order valence-electron chi connectivity index (χ3n) is 4.70. The number of ether oxygens (including phenoxy) is 1. The van der Waals surface area contributed by atoms with Crippen molar-refractivity contribution in [1.29, 1.82) is 5.41 Å². The minimum atomic E-state index is 0.116. The van der Waals surface area contributed by atoms with Crippen LogP contribution in [-0.2, 0) is 4.74 Å². The van der Waals surface area contributed by atoms with Crippen molar-refractivity contribution in [2.24, 2.45) is 17.3 Å². The molecule has 0 bridgehead atoms. The monoisotopic (exact) mass is 208 g/mol. The lowest BCUT2D eigenvalue weighted by molar-refractivity contribution is 0.218. The lowest BCUT2D eigenvalue weighted by Crippen LogP contribution is -2.19. The summed E-state index contributed by atoms with van der Waals surface area (Å²) in [6.07, 6.45) is 4.97. The highest BCUT2D eigenvalue weighted by molar-refractivity contribution is 5.91. The van der Waals surface area contributed by atoms with E-state index in [0.717, 1.165) is 25.4 Å². The summed E-state index contributed by atoms with van der Waals surface area (Å²) < 4.78 is 5.64. The van der Waals surface area contributed by atoms with Crippen LogP contribution in [-0.4, -0.2) is 25.1 Å². The van der Waals surface area contributed by atoms with Gasteiger partial charge in [0.25, 0.3) is 0 Å². The molecule has 0 radical (unpaired) electrons. The lowest BCUT2D eigenvalue weighted by Gasteiger charge is -2.13. The molecule has 1 unspecified atom stereocenters. The highest BCUT2D eigenvalue weighted by atomic mass is 16.5. The van der Waals surface area contributed by atoms with Crippen molar-refractivity contribution in [2.75, 3.05) is 13.7 Å². The van der Waals surface area contributed by atoms with E-state index >= 15 is 0 Å². The molecule has 3 nitrogen and oxygen atoms in total. The molecule has 3 fully saturated rings. The maximum absolute atomic E-state index is 7.97. The molecule has 3 aliphatic carbocycles. The molecule has 0 aliphatic heterocycles. The van der Waals surface area contributed by atoms with Crippen LogP contribution in [0.4, 0.5) is 0 Å². The van der Waals surface area contributed by atoms with Gasteiger partial charge in [-0.15, -0.1) is 0 Å². The van der Waals surface area contributed by atoms with E-state index in [1.165, 1.54) is 12.8 Å². The summed E-state index contributed by atoms with van der Waals surface area (Å²) in [6.45, 7) is 3.00. The van der Waals surface area contributed by atoms with Gasteiger partial charge in [-0.1, -0.05) is 6.92 Å². The summed E-state index contributed by atoms with van der Waals surface area (Å²) in [4.78, 5) is 0. The number of fused-ring (bicyclic) bond motifs is 1. The Bertz CT molecular complexity index is 303. The standard InChI is InChI=1S/C12H20N2O/c1-8(9-3-4-9)5-15-10(13)11-6-12(11,7-11)14-2/h8-9,13-14H,3-7H2,1-2H3. The van der Waals surface area contributed by atoms with E-state index in [1.807, 2.05) is 7.05 Å². The third kappa shape index (κ3) is 1.25. The fourth-order valence-corrected chi connectivity index (χ4v) is 2.84. The average Bonchev–Trinajstić information content (AvgIpc) is 3.06. The number of hydrogen-bond acceptors (Lipinski definition) is 3. The van der Waals surface area contributed by atoms with Crippen molar-refractivity contribution >= 4 is 5.90 Å². The molecule has 0 aromatic rings. The summed E-state index contributed by atoms with van der Waals surface area (Å²) in [6, 6.07) is 0. The molecular formula is C12H20N2O. The summed E-state index contributed by atoms with van der Waals surface area (Å²) >= 11 is 0. The van der Waals surface area contributed by atoms with Crippen LogP contribution in [0.2, 0.25) is 0 Å². The molecule has 0 saturated heterocycles. The van der Waals surface area contributed by atoms with E-state index in [4.69, 9.17) is 10.1 Å². The van der Waals surface area contributed by atoms with Gasteiger partial charge in [0, 0.05) is 5.54 Å². The first kappa shape index (κ1) is 9.64. The van der Waals surface area contributed by atoms with E-state index in [2.05, 4.69) is 12.2 Å².